The molecule has 8 heteroatoms. The molecule has 0 radical (unpaired) electrons. The SMILES string of the molecule is Cc1noc(C)c1CSc1nccc(C(F)(F)F)n1. The van der Waals surface area contributed by atoms with Crippen LogP contribution in [-0.4, -0.2) is 15.1 Å². The third-order valence-corrected chi connectivity index (χ3v) is 3.34. The van der Waals surface area contributed by atoms with Gasteiger partial charge in [0.25, 0.3) is 0 Å². The molecule has 0 aliphatic rings. The standard InChI is InChI=1S/C11H10F3N3OS/c1-6-8(7(2)18-17-6)5-19-10-15-4-3-9(16-10)11(12,13)14/h3-4H,5H2,1-2H3. The second-order valence-corrected chi connectivity index (χ2v) is 4.76. The Hall–Kier alpha value is -1.57. The number of hydrogen-bond acceptors (Lipinski definition) is 5. The first kappa shape index (κ1) is 13.9. The molecule has 2 aromatic rings. The topological polar surface area (TPSA) is 51.8 Å². The van der Waals surface area contributed by atoms with E-state index in [2.05, 4.69) is 15.1 Å². The van der Waals surface area contributed by atoms with Crippen molar-refractivity contribution < 1.29 is 17.7 Å². The smallest absolute Gasteiger partial charge is 0.361 e. The van der Waals surface area contributed by atoms with Crippen molar-refractivity contribution in [2.75, 3.05) is 0 Å². The van der Waals surface area contributed by atoms with Gasteiger partial charge in [-0.1, -0.05) is 16.9 Å². The minimum Gasteiger partial charge on any atom is -0.361 e. The number of thioether (sulfide) groups is 1. The van der Waals surface area contributed by atoms with E-state index in [1.807, 2.05) is 0 Å². The predicted octanol–water partition coefficient (Wildman–Crippen LogP) is 3.39. The van der Waals surface area contributed by atoms with Gasteiger partial charge in [0.05, 0.1) is 5.69 Å². The van der Waals surface area contributed by atoms with Crippen LogP contribution >= 0.6 is 11.8 Å². The molecular weight excluding hydrogens is 279 g/mol. The van der Waals surface area contributed by atoms with Gasteiger partial charge in [-0.15, -0.1) is 0 Å². The van der Waals surface area contributed by atoms with Crippen LogP contribution in [0, 0.1) is 13.8 Å². The number of halogens is 3. The van der Waals surface area contributed by atoms with Crippen molar-refractivity contribution in [3.05, 3.63) is 35.0 Å². The van der Waals surface area contributed by atoms with Gasteiger partial charge in [-0.05, 0) is 19.9 Å². The Kier molecular flexibility index (Phi) is 3.79. The highest BCUT2D eigenvalue weighted by atomic mass is 32.2. The first-order chi connectivity index (χ1) is 8.88. The molecule has 0 fully saturated rings. The van der Waals surface area contributed by atoms with E-state index in [9.17, 15) is 13.2 Å². The first-order valence-electron chi connectivity index (χ1n) is 5.32. The van der Waals surface area contributed by atoms with Crippen LogP contribution in [-0.2, 0) is 11.9 Å². The summed E-state index contributed by atoms with van der Waals surface area (Å²) in [7, 11) is 0. The van der Waals surface area contributed by atoms with Crippen LogP contribution in [0.25, 0.3) is 0 Å². The molecule has 0 saturated carbocycles. The molecule has 0 N–H and O–H groups in total. The fraction of sp³-hybridized carbons (Fsp3) is 0.364. The van der Waals surface area contributed by atoms with Crippen LogP contribution in [0.2, 0.25) is 0 Å². The minimum atomic E-state index is -4.46. The molecule has 0 spiro atoms. The molecule has 0 aromatic carbocycles. The summed E-state index contributed by atoms with van der Waals surface area (Å²) in [5.74, 6) is 1.07. The van der Waals surface area contributed by atoms with Crippen molar-refractivity contribution in [3.8, 4) is 0 Å². The first-order valence-corrected chi connectivity index (χ1v) is 6.31. The van der Waals surface area contributed by atoms with Gasteiger partial charge in [0, 0.05) is 17.5 Å². The number of rotatable bonds is 3. The van der Waals surface area contributed by atoms with Gasteiger partial charge in [0.1, 0.15) is 11.5 Å². The maximum absolute atomic E-state index is 12.5. The lowest BCUT2D eigenvalue weighted by Crippen LogP contribution is -2.08. The monoisotopic (exact) mass is 289 g/mol. The molecule has 0 bridgehead atoms. The highest BCUT2D eigenvalue weighted by Crippen LogP contribution is 2.29. The lowest BCUT2D eigenvalue weighted by Gasteiger charge is -2.06. The van der Waals surface area contributed by atoms with E-state index in [-0.39, 0.29) is 5.16 Å². The van der Waals surface area contributed by atoms with Gasteiger partial charge in [0.2, 0.25) is 0 Å². The van der Waals surface area contributed by atoms with E-state index in [1.54, 1.807) is 13.8 Å². The van der Waals surface area contributed by atoms with Gasteiger partial charge < -0.3 is 4.52 Å². The van der Waals surface area contributed by atoms with E-state index < -0.39 is 11.9 Å². The van der Waals surface area contributed by atoms with Crippen LogP contribution in [0.5, 0.6) is 0 Å². The summed E-state index contributed by atoms with van der Waals surface area (Å²) < 4.78 is 42.4. The maximum atomic E-state index is 12.5. The summed E-state index contributed by atoms with van der Waals surface area (Å²) in [6.45, 7) is 3.53. The number of nitrogens with zero attached hydrogens (tertiary/aromatic N) is 3. The Bertz CT molecular complexity index is 563. The Morgan fingerprint density at radius 1 is 1.32 bits per heavy atom. The molecular formula is C11H10F3N3OS. The van der Waals surface area contributed by atoms with Crippen molar-refractivity contribution in [1.29, 1.82) is 0 Å². The third kappa shape index (κ3) is 3.25. The summed E-state index contributed by atoms with van der Waals surface area (Å²) in [4.78, 5) is 7.29. The molecule has 0 aliphatic carbocycles. The van der Waals surface area contributed by atoms with Crippen LogP contribution in [0.3, 0.4) is 0 Å². The highest BCUT2D eigenvalue weighted by Gasteiger charge is 2.32. The number of hydrogen-bond donors (Lipinski definition) is 0. The number of aromatic nitrogens is 3. The zero-order chi connectivity index (χ0) is 14.0. The van der Waals surface area contributed by atoms with Gasteiger partial charge in [-0.25, -0.2) is 9.97 Å². The van der Waals surface area contributed by atoms with Crippen LogP contribution < -0.4 is 0 Å². The molecule has 0 amide bonds. The fourth-order valence-electron chi connectivity index (χ4n) is 1.41. The molecule has 0 atom stereocenters. The van der Waals surface area contributed by atoms with E-state index in [0.717, 1.165) is 35.3 Å². The average molecular weight is 289 g/mol. The lowest BCUT2D eigenvalue weighted by atomic mass is 10.2. The van der Waals surface area contributed by atoms with Crippen molar-refractivity contribution >= 4 is 11.8 Å². The molecule has 2 rings (SSSR count). The second-order valence-electron chi connectivity index (χ2n) is 3.81. The molecule has 2 heterocycles. The lowest BCUT2D eigenvalue weighted by molar-refractivity contribution is -0.141. The summed E-state index contributed by atoms with van der Waals surface area (Å²) in [5, 5.41) is 3.85. The molecule has 102 valence electrons. The molecule has 2 aromatic heterocycles. The van der Waals surface area contributed by atoms with Crippen molar-refractivity contribution in [2.24, 2.45) is 0 Å². The number of aryl methyl sites for hydroxylation is 2. The molecule has 0 aliphatic heterocycles. The van der Waals surface area contributed by atoms with Crippen LogP contribution in [0.15, 0.2) is 21.9 Å². The van der Waals surface area contributed by atoms with Gasteiger partial charge in [-0.2, -0.15) is 13.2 Å². The zero-order valence-electron chi connectivity index (χ0n) is 10.2. The van der Waals surface area contributed by atoms with Crippen molar-refractivity contribution in [2.45, 2.75) is 30.9 Å². The van der Waals surface area contributed by atoms with E-state index >= 15 is 0 Å². The van der Waals surface area contributed by atoms with Gasteiger partial charge >= 0.3 is 6.18 Å². The second kappa shape index (κ2) is 5.20. The fourth-order valence-corrected chi connectivity index (χ4v) is 2.40. The zero-order valence-corrected chi connectivity index (χ0v) is 11.0. The number of alkyl halides is 3. The van der Waals surface area contributed by atoms with Crippen molar-refractivity contribution in [3.63, 3.8) is 0 Å². The summed E-state index contributed by atoms with van der Waals surface area (Å²) >= 11 is 1.11. The summed E-state index contributed by atoms with van der Waals surface area (Å²) in [6, 6.07) is 0.847. The largest absolute Gasteiger partial charge is 0.433 e. The molecule has 0 saturated heterocycles. The Balaban J connectivity index is 2.12. The van der Waals surface area contributed by atoms with Crippen LogP contribution in [0.1, 0.15) is 22.7 Å². The summed E-state index contributed by atoms with van der Waals surface area (Å²) in [5.41, 5.74) is 0.631. The Morgan fingerprint density at radius 3 is 2.63 bits per heavy atom. The van der Waals surface area contributed by atoms with Gasteiger partial charge in [-0.3, -0.25) is 0 Å². The third-order valence-electron chi connectivity index (χ3n) is 2.45. The highest BCUT2D eigenvalue weighted by molar-refractivity contribution is 7.98. The molecule has 19 heavy (non-hydrogen) atoms. The molecule has 0 unspecified atom stereocenters. The quantitative estimate of drug-likeness (QED) is 0.640. The van der Waals surface area contributed by atoms with E-state index in [0.29, 0.717) is 11.5 Å². The predicted molar refractivity (Wildman–Crippen MR) is 62.6 cm³/mol. The maximum Gasteiger partial charge on any atom is 0.433 e. The van der Waals surface area contributed by atoms with E-state index in [1.165, 1.54) is 0 Å². The van der Waals surface area contributed by atoms with Crippen LogP contribution in [0.4, 0.5) is 13.2 Å². The minimum absolute atomic E-state index is 0.0785. The van der Waals surface area contributed by atoms with Crippen molar-refractivity contribution in [1.82, 2.24) is 15.1 Å². The Labute approximate surface area is 111 Å². The van der Waals surface area contributed by atoms with E-state index in [4.69, 9.17) is 4.52 Å². The van der Waals surface area contributed by atoms with Gasteiger partial charge in [0.15, 0.2) is 5.16 Å². The Morgan fingerprint density at radius 2 is 2.05 bits per heavy atom. The normalized spacial score (nSPS) is 11.8. The molecule has 4 nitrogen and oxygen atoms in total. The summed E-state index contributed by atoms with van der Waals surface area (Å²) in [6.07, 6.45) is -3.35. The average Bonchev–Trinajstić information content (AvgIpc) is 2.66.